The molecule has 18 heavy (non-hydrogen) atoms. The van der Waals surface area contributed by atoms with E-state index in [0.717, 1.165) is 6.54 Å². The fraction of sp³-hybridized carbons (Fsp3) is 0.786. The molecule has 0 amide bonds. The van der Waals surface area contributed by atoms with Crippen LogP contribution in [0.4, 0.5) is 0 Å². The van der Waals surface area contributed by atoms with Crippen LogP contribution in [-0.4, -0.2) is 22.5 Å². The molecule has 0 saturated heterocycles. The van der Waals surface area contributed by atoms with Crippen molar-refractivity contribution in [1.29, 1.82) is 0 Å². The van der Waals surface area contributed by atoms with Crippen molar-refractivity contribution in [3.8, 4) is 0 Å². The van der Waals surface area contributed by atoms with E-state index in [-0.39, 0.29) is 0 Å². The lowest BCUT2D eigenvalue weighted by Crippen LogP contribution is -2.40. The summed E-state index contributed by atoms with van der Waals surface area (Å²) in [6, 6.07) is 0.434. The zero-order chi connectivity index (χ0) is 13.0. The van der Waals surface area contributed by atoms with Gasteiger partial charge >= 0.3 is 0 Å². The van der Waals surface area contributed by atoms with Crippen LogP contribution in [0.5, 0.6) is 0 Å². The molecular weight excluding hydrogens is 260 g/mol. The molecule has 102 valence electrons. The zero-order valence-corrected chi connectivity index (χ0v) is 13.3. The lowest BCUT2D eigenvalue weighted by molar-refractivity contribution is 0.368. The van der Waals surface area contributed by atoms with E-state index in [9.17, 15) is 0 Å². The Morgan fingerprint density at radius 3 is 2.72 bits per heavy atom. The molecule has 4 heteroatoms. The van der Waals surface area contributed by atoms with Crippen molar-refractivity contribution in [1.82, 2.24) is 10.3 Å². The standard InChI is InChI=1S/C14H24N2S2/c1-11(13-12(2)16-10-18-13)15-9-14(17-3)7-5-4-6-8-14/h10-11,15H,4-9H2,1-3H3. The number of hydrogen-bond acceptors (Lipinski definition) is 4. The van der Waals surface area contributed by atoms with Crippen LogP contribution in [0.1, 0.15) is 55.6 Å². The van der Waals surface area contributed by atoms with Crippen LogP contribution in [0, 0.1) is 6.92 Å². The summed E-state index contributed by atoms with van der Waals surface area (Å²) in [5.41, 5.74) is 3.13. The number of aryl methyl sites for hydroxylation is 1. The SMILES string of the molecule is CSC1(CNC(C)c2scnc2C)CCCCC1. The quantitative estimate of drug-likeness (QED) is 0.878. The Bertz CT molecular complexity index is 370. The Morgan fingerprint density at radius 1 is 1.44 bits per heavy atom. The number of thiazole rings is 1. The van der Waals surface area contributed by atoms with Gasteiger partial charge in [0.25, 0.3) is 0 Å². The van der Waals surface area contributed by atoms with Crippen molar-refractivity contribution in [2.45, 2.75) is 56.7 Å². The second-order valence-electron chi connectivity index (χ2n) is 5.35. The molecule has 0 radical (unpaired) electrons. The molecule has 1 heterocycles. The Kier molecular flexibility index (Phi) is 5.10. The molecule has 2 nitrogen and oxygen atoms in total. The molecule has 0 aromatic carbocycles. The Balaban J connectivity index is 1.92. The van der Waals surface area contributed by atoms with Gasteiger partial charge in [-0.25, -0.2) is 4.98 Å². The van der Waals surface area contributed by atoms with Gasteiger partial charge in [-0.2, -0.15) is 11.8 Å². The lowest BCUT2D eigenvalue weighted by atomic mass is 9.88. The summed E-state index contributed by atoms with van der Waals surface area (Å²) in [4.78, 5) is 5.73. The topological polar surface area (TPSA) is 24.9 Å². The minimum absolute atomic E-state index is 0.434. The van der Waals surface area contributed by atoms with Gasteiger partial charge in [0.05, 0.1) is 11.2 Å². The number of hydrogen-bond donors (Lipinski definition) is 1. The number of nitrogens with zero attached hydrogens (tertiary/aromatic N) is 1. The normalized spacial score (nSPS) is 20.8. The van der Waals surface area contributed by atoms with E-state index in [2.05, 4.69) is 42.2 Å². The highest BCUT2D eigenvalue weighted by atomic mass is 32.2. The van der Waals surface area contributed by atoms with Gasteiger partial charge in [-0.3, -0.25) is 0 Å². The first-order chi connectivity index (χ1) is 8.67. The number of nitrogens with one attached hydrogen (secondary N) is 1. The van der Waals surface area contributed by atoms with Crippen molar-refractivity contribution in [2.24, 2.45) is 0 Å². The molecule has 1 N–H and O–H groups in total. The summed E-state index contributed by atoms with van der Waals surface area (Å²) in [7, 11) is 0. The fourth-order valence-corrected chi connectivity index (χ4v) is 4.57. The second-order valence-corrected chi connectivity index (χ2v) is 7.51. The van der Waals surface area contributed by atoms with Crippen LogP contribution in [-0.2, 0) is 0 Å². The van der Waals surface area contributed by atoms with E-state index in [4.69, 9.17) is 0 Å². The smallest absolute Gasteiger partial charge is 0.0798 e. The molecule has 1 unspecified atom stereocenters. The van der Waals surface area contributed by atoms with Gasteiger partial charge in [0.15, 0.2) is 0 Å². The van der Waals surface area contributed by atoms with E-state index < -0.39 is 0 Å². The van der Waals surface area contributed by atoms with Crippen LogP contribution < -0.4 is 5.32 Å². The Morgan fingerprint density at radius 2 is 2.17 bits per heavy atom. The summed E-state index contributed by atoms with van der Waals surface area (Å²) in [6.07, 6.45) is 9.24. The van der Waals surface area contributed by atoms with Crippen molar-refractivity contribution >= 4 is 23.1 Å². The molecule has 1 aliphatic rings. The highest BCUT2D eigenvalue weighted by molar-refractivity contribution is 8.00. The van der Waals surface area contributed by atoms with E-state index in [1.54, 1.807) is 11.3 Å². The third kappa shape index (κ3) is 3.28. The van der Waals surface area contributed by atoms with Gasteiger partial charge in [0, 0.05) is 22.2 Å². The fourth-order valence-electron chi connectivity index (χ4n) is 2.81. The number of thioether (sulfide) groups is 1. The number of rotatable bonds is 5. The van der Waals surface area contributed by atoms with Crippen LogP contribution >= 0.6 is 23.1 Å². The monoisotopic (exact) mass is 284 g/mol. The average Bonchev–Trinajstić information content (AvgIpc) is 2.83. The molecule has 0 spiro atoms. The molecule has 0 aliphatic heterocycles. The molecule has 1 fully saturated rings. The Hall–Kier alpha value is -0.0600. The van der Waals surface area contributed by atoms with Crippen molar-refractivity contribution < 1.29 is 0 Å². The predicted molar refractivity (Wildman–Crippen MR) is 82.6 cm³/mol. The minimum atomic E-state index is 0.434. The third-order valence-corrected chi connectivity index (χ3v) is 6.64. The maximum atomic E-state index is 4.34. The number of aromatic nitrogens is 1. The third-order valence-electron chi connectivity index (χ3n) is 4.10. The van der Waals surface area contributed by atoms with Crippen molar-refractivity contribution in [3.63, 3.8) is 0 Å². The minimum Gasteiger partial charge on any atom is -0.308 e. The van der Waals surface area contributed by atoms with E-state index in [1.807, 2.05) is 5.51 Å². The van der Waals surface area contributed by atoms with Crippen LogP contribution in [0.25, 0.3) is 0 Å². The van der Waals surface area contributed by atoms with Crippen molar-refractivity contribution in [3.05, 3.63) is 16.1 Å². The van der Waals surface area contributed by atoms with E-state index in [0.29, 0.717) is 10.8 Å². The molecule has 1 aromatic heterocycles. The first-order valence-electron chi connectivity index (χ1n) is 6.85. The van der Waals surface area contributed by atoms with Gasteiger partial charge in [-0.05, 0) is 32.9 Å². The van der Waals surface area contributed by atoms with Gasteiger partial charge in [-0.1, -0.05) is 19.3 Å². The first kappa shape index (κ1) is 14.4. The summed E-state index contributed by atoms with van der Waals surface area (Å²) < 4.78 is 0.477. The highest BCUT2D eigenvalue weighted by Gasteiger charge is 2.31. The molecule has 1 atom stereocenters. The van der Waals surface area contributed by atoms with Crippen LogP contribution in [0.15, 0.2) is 5.51 Å². The zero-order valence-electron chi connectivity index (χ0n) is 11.7. The average molecular weight is 284 g/mol. The molecular formula is C14H24N2S2. The summed E-state index contributed by atoms with van der Waals surface area (Å²) in [6.45, 7) is 5.50. The maximum absolute atomic E-state index is 4.34. The van der Waals surface area contributed by atoms with E-state index >= 15 is 0 Å². The highest BCUT2D eigenvalue weighted by Crippen LogP contribution is 2.38. The van der Waals surface area contributed by atoms with E-state index in [1.165, 1.54) is 42.7 Å². The second kappa shape index (κ2) is 6.40. The maximum Gasteiger partial charge on any atom is 0.0798 e. The van der Waals surface area contributed by atoms with Gasteiger partial charge in [0.1, 0.15) is 0 Å². The van der Waals surface area contributed by atoms with Gasteiger partial charge in [0.2, 0.25) is 0 Å². The Labute approximate surface area is 119 Å². The molecule has 1 aliphatic carbocycles. The summed E-state index contributed by atoms with van der Waals surface area (Å²) in [5, 5.41) is 3.74. The van der Waals surface area contributed by atoms with Gasteiger partial charge in [-0.15, -0.1) is 11.3 Å². The largest absolute Gasteiger partial charge is 0.308 e. The summed E-state index contributed by atoms with van der Waals surface area (Å²) >= 11 is 3.83. The summed E-state index contributed by atoms with van der Waals surface area (Å²) in [5.74, 6) is 0. The molecule has 1 saturated carbocycles. The van der Waals surface area contributed by atoms with Crippen LogP contribution in [0.3, 0.4) is 0 Å². The van der Waals surface area contributed by atoms with Gasteiger partial charge < -0.3 is 5.32 Å². The molecule has 2 rings (SSSR count). The van der Waals surface area contributed by atoms with Crippen LogP contribution in [0.2, 0.25) is 0 Å². The predicted octanol–water partition coefficient (Wildman–Crippen LogP) is 4.17. The first-order valence-corrected chi connectivity index (χ1v) is 8.96. The molecule has 1 aromatic rings. The van der Waals surface area contributed by atoms with Crippen molar-refractivity contribution in [2.75, 3.05) is 12.8 Å². The lowest BCUT2D eigenvalue weighted by Gasteiger charge is -2.36. The molecule has 0 bridgehead atoms.